The number of piperazine rings is 1. The molecule has 128 valence electrons. The number of esters is 1. The van der Waals surface area contributed by atoms with Gasteiger partial charge in [0.2, 0.25) is 5.90 Å². The van der Waals surface area contributed by atoms with E-state index in [0.717, 1.165) is 37.4 Å². The molecule has 0 radical (unpaired) electrons. The lowest BCUT2D eigenvalue weighted by Crippen LogP contribution is -2.46. The first-order chi connectivity index (χ1) is 11.5. The summed E-state index contributed by atoms with van der Waals surface area (Å²) in [5.74, 6) is 0.0139. The van der Waals surface area contributed by atoms with E-state index in [9.17, 15) is 4.79 Å². The minimum atomic E-state index is -0.369. The Balaban J connectivity index is 1.85. The third kappa shape index (κ3) is 3.66. The van der Waals surface area contributed by atoms with Gasteiger partial charge in [0.05, 0.1) is 5.70 Å². The van der Waals surface area contributed by atoms with Crippen LogP contribution < -0.4 is 0 Å². The molecule has 0 saturated carbocycles. The molecule has 0 N–H and O–H groups in total. The minimum absolute atomic E-state index is 0.369. The lowest BCUT2D eigenvalue weighted by molar-refractivity contribution is -0.130. The highest BCUT2D eigenvalue weighted by Gasteiger charge is 2.29. The number of aliphatic imine (C=N–C) groups is 1. The minimum Gasteiger partial charge on any atom is -0.402 e. The summed E-state index contributed by atoms with van der Waals surface area (Å²) >= 11 is 0. The van der Waals surface area contributed by atoms with Crippen LogP contribution in [0.4, 0.5) is 0 Å². The molecular formula is C18H24N4O2. The van der Waals surface area contributed by atoms with Gasteiger partial charge in [0, 0.05) is 52.4 Å². The van der Waals surface area contributed by atoms with Crippen molar-refractivity contribution in [2.45, 2.75) is 0 Å². The number of carbonyl (C=O) groups is 1. The van der Waals surface area contributed by atoms with E-state index in [4.69, 9.17) is 4.74 Å². The number of carbonyl (C=O) groups excluding carboxylic acids is 1. The standard InChI is InChI=1S/C18H24N4O2/c1-20(2)15(13-22-11-9-21(3)10-12-22)16-18(23)24-17(19-16)14-7-5-4-6-8-14/h4-8H,9-13H2,1-3H3/b16-15+. The van der Waals surface area contributed by atoms with Gasteiger partial charge in [-0.2, -0.15) is 0 Å². The van der Waals surface area contributed by atoms with Crippen LogP contribution in [0.25, 0.3) is 0 Å². The lowest BCUT2D eigenvalue weighted by Gasteiger charge is -2.34. The molecule has 1 fully saturated rings. The van der Waals surface area contributed by atoms with Crippen molar-refractivity contribution in [1.29, 1.82) is 0 Å². The Hall–Kier alpha value is -2.18. The first kappa shape index (κ1) is 16.7. The van der Waals surface area contributed by atoms with Crippen LogP contribution in [-0.4, -0.2) is 80.4 Å². The zero-order valence-electron chi connectivity index (χ0n) is 14.5. The molecule has 24 heavy (non-hydrogen) atoms. The Bertz CT molecular complexity index is 659. The second-order valence-corrected chi connectivity index (χ2v) is 6.44. The van der Waals surface area contributed by atoms with E-state index in [1.165, 1.54) is 0 Å². The van der Waals surface area contributed by atoms with Gasteiger partial charge in [0.15, 0.2) is 5.70 Å². The van der Waals surface area contributed by atoms with E-state index in [1.54, 1.807) is 0 Å². The number of rotatable bonds is 4. The molecule has 0 aliphatic carbocycles. The largest absolute Gasteiger partial charge is 0.402 e. The summed E-state index contributed by atoms with van der Waals surface area (Å²) in [6, 6.07) is 9.53. The first-order valence-electron chi connectivity index (χ1n) is 8.22. The molecular weight excluding hydrogens is 304 g/mol. The second kappa shape index (κ2) is 7.15. The van der Waals surface area contributed by atoms with Gasteiger partial charge in [-0.25, -0.2) is 9.79 Å². The quantitative estimate of drug-likeness (QED) is 0.610. The maximum atomic E-state index is 12.3. The van der Waals surface area contributed by atoms with E-state index in [1.807, 2.05) is 49.3 Å². The van der Waals surface area contributed by atoms with Crippen molar-refractivity contribution in [2.24, 2.45) is 4.99 Å². The van der Waals surface area contributed by atoms with Gasteiger partial charge in [-0.1, -0.05) is 18.2 Å². The van der Waals surface area contributed by atoms with E-state index in [-0.39, 0.29) is 5.97 Å². The van der Waals surface area contributed by atoms with Gasteiger partial charge in [0.1, 0.15) is 0 Å². The van der Waals surface area contributed by atoms with Crippen LogP contribution in [0.2, 0.25) is 0 Å². The van der Waals surface area contributed by atoms with E-state index < -0.39 is 0 Å². The SMILES string of the molecule is CN1CCN(C/C(=C2\N=C(c3ccccc3)OC2=O)N(C)C)CC1. The van der Waals surface area contributed by atoms with Crippen molar-refractivity contribution < 1.29 is 9.53 Å². The van der Waals surface area contributed by atoms with E-state index in [2.05, 4.69) is 21.8 Å². The average Bonchev–Trinajstić information content (AvgIpc) is 2.96. The van der Waals surface area contributed by atoms with Gasteiger partial charge in [-0.3, -0.25) is 4.90 Å². The molecule has 2 aliphatic heterocycles. The Morgan fingerprint density at radius 2 is 1.83 bits per heavy atom. The summed E-state index contributed by atoms with van der Waals surface area (Å²) in [5, 5.41) is 0. The van der Waals surface area contributed by atoms with Crippen LogP contribution in [0.1, 0.15) is 5.56 Å². The number of ether oxygens (including phenoxy) is 1. The summed E-state index contributed by atoms with van der Waals surface area (Å²) < 4.78 is 5.40. The molecule has 0 unspecified atom stereocenters. The number of benzene rings is 1. The third-order valence-electron chi connectivity index (χ3n) is 4.40. The van der Waals surface area contributed by atoms with Crippen molar-refractivity contribution in [2.75, 3.05) is 53.9 Å². The summed E-state index contributed by atoms with van der Waals surface area (Å²) in [7, 11) is 6.02. The van der Waals surface area contributed by atoms with Crippen molar-refractivity contribution in [3.63, 3.8) is 0 Å². The molecule has 2 heterocycles. The van der Waals surface area contributed by atoms with Gasteiger partial charge in [0.25, 0.3) is 0 Å². The predicted octanol–water partition coefficient (Wildman–Crippen LogP) is 1.01. The maximum Gasteiger partial charge on any atom is 0.365 e. The van der Waals surface area contributed by atoms with Crippen LogP contribution in [0.5, 0.6) is 0 Å². The predicted molar refractivity (Wildman–Crippen MR) is 93.7 cm³/mol. The van der Waals surface area contributed by atoms with Crippen LogP contribution in [0.3, 0.4) is 0 Å². The van der Waals surface area contributed by atoms with Gasteiger partial charge < -0.3 is 14.5 Å². The second-order valence-electron chi connectivity index (χ2n) is 6.44. The Labute approximate surface area is 143 Å². The molecule has 0 spiro atoms. The van der Waals surface area contributed by atoms with Gasteiger partial charge >= 0.3 is 5.97 Å². The third-order valence-corrected chi connectivity index (χ3v) is 4.40. The summed E-state index contributed by atoms with van der Waals surface area (Å²) in [6.07, 6.45) is 0. The molecule has 0 bridgehead atoms. The average molecular weight is 328 g/mol. The molecule has 6 heteroatoms. The Kier molecular flexibility index (Phi) is 4.97. The van der Waals surface area contributed by atoms with Crippen LogP contribution in [0.15, 0.2) is 46.7 Å². The van der Waals surface area contributed by atoms with Crippen LogP contribution >= 0.6 is 0 Å². The summed E-state index contributed by atoms with van der Waals surface area (Å²) in [4.78, 5) is 23.5. The first-order valence-corrected chi connectivity index (χ1v) is 8.22. The van der Waals surface area contributed by atoms with E-state index in [0.29, 0.717) is 18.1 Å². The highest BCUT2D eigenvalue weighted by atomic mass is 16.6. The molecule has 0 atom stereocenters. The zero-order chi connectivity index (χ0) is 17.1. The molecule has 1 saturated heterocycles. The summed E-state index contributed by atoms with van der Waals surface area (Å²) in [5.41, 5.74) is 2.13. The normalized spacial score (nSPS) is 21.5. The number of nitrogens with zero attached hydrogens (tertiary/aromatic N) is 4. The molecule has 6 nitrogen and oxygen atoms in total. The van der Waals surface area contributed by atoms with Crippen molar-refractivity contribution >= 4 is 11.9 Å². The molecule has 1 aromatic rings. The number of likely N-dealkylation sites (N-methyl/N-ethyl adjacent to an activating group) is 2. The molecule has 0 aromatic heterocycles. The molecule has 2 aliphatic rings. The van der Waals surface area contributed by atoms with Crippen molar-refractivity contribution in [3.8, 4) is 0 Å². The van der Waals surface area contributed by atoms with Crippen molar-refractivity contribution in [3.05, 3.63) is 47.3 Å². The number of hydrogen-bond donors (Lipinski definition) is 0. The summed E-state index contributed by atoms with van der Waals surface area (Å²) in [6.45, 7) is 4.77. The monoisotopic (exact) mass is 328 g/mol. The number of cyclic esters (lactones) is 1. The van der Waals surface area contributed by atoms with Crippen molar-refractivity contribution in [1.82, 2.24) is 14.7 Å². The fourth-order valence-corrected chi connectivity index (χ4v) is 2.84. The van der Waals surface area contributed by atoms with Gasteiger partial charge in [-0.15, -0.1) is 0 Å². The Morgan fingerprint density at radius 3 is 2.46 bits per heavy atom. The lowest BCUT2D eigenvalue weighted by atomic mass is 10.2. The van der Waals surface area contributed by atoms with Crippen LogP contribution in [-0.2, 0) is 9.53 Å². The number of hydrogen-bond acceptors (Lipinski definition) is 6. The van der Waals surface area contributed by atoms with E-state index >= 15 is 0 Å². The molecule has 3 rings (SSSR count). The topological polar surface area (TPSA) is 48.4 Å². The maximum absolute atomic E-state index is 12.3. The van der Waals surface area contributed by atoms with Crippen LogP contribution in [0, 0.1) is 0 Å². The molecule has 0 amide bonds. The highest BCUT2D eigenvalue weighted by Crippen LogP contribution is 2.21. The Morgan fingerprint density at radius 1 is 1.17 bits per heavy atom. The fourth-order valence-electron chi connectivity index (χ4n) is 2.84. The van der Waals surface area contributed by atoms with Gasteiger partial charge in [-0.05, 0) is 19.2 Å². The molecule has 1 aromatic carbocycles. The zero-order valence-corrected chi connectivity index (χ0v) is 14.5. The fraction of sp³-hybridized carbons (Fsp3) is 0.444. The highest BCUT2D eigenvalue weighted by molar-refractivity contribution is 6.11. The smallest absolute Gasteiger partial charge is 0.365 e.